The van der Waals surface area contributed by atoms with Crippen LogP contribution in [0.25, 0.3) is 10.8 Å². The van der Waals surface area contributed by atoms with Gasteiger partial charge >= 0.3 is 0 Å². The first kappa shape index (κ1) is 20.3. The van der Waals surface area contributed by atoms with Crippen LogP contribution in [-0.2, 0) is 0 Å². The summed E-state index contributed by atoms with van der Waals surface area (Å²) in [5.74, 6) is 0.385. The number of hydrogen-bond acceptors (Lipinski definition) is 4. The lowest BCUT2D eigenvalue weighted by Gasteiger charge is -2.32. The number of rotatable bonds is 6. The molecule has 2 aromatic heterocycles. The lowest BCUT2D eigenvalue weighted by molar-refractivity contribution is 0.102. The number of aromatic nitrogens is 2. The maximum absolute atomic E-state index is 12.9. The van der Waals surface area contributed by atoms with Gasteiger partial charge in [-0.3, -0.25) is 9.78 Å². The van der Waals surface area contributed by atoms with Crippen LogP contribution >= 0.6 is 0 Å². The Morgan fingerprint density at radius 1 is 1.00 bits per heavy atom. The highest BCUT2D eigenvalue weighted by molar-refractivity contribution is 6.06. The zero-order valence-electron chi connectivity index (χ0n) is 18.1. The van der Waals surface area contributed by atoms with Gasteiger partial charge in [0.15, 0.2) is 0 Å². The highest BCUT2D eigenvalue weighted by Crippen LogP contribution is 2.29. The molecular weight excluding hydrogens is 396 g/mol. The average molecular weight is 423 g/mol. The third-order valence-corrected chi connectivity index (χ3v) is 6.19. The van der Waals surface area contributed by atoms with E-state index in [1.807, 2.05) is 42.5 Å². The normalized spacial score (nSPS) is 14.7. The van der Waals surface area contributed by atoms with Crippen LogP contribution in [0.5, 0.6) is 0 Å². The van der Waals surface area contributed by atoms with Gasteiger partial charge in [0.05, 0.1) is 11.7 Å². The molecule has 1 unspecified atom stereocenters. The molecule has 4 aromatic rings. The van der Waals surface area contributed by atoms with Crippen LogP contribution in [0, 0.1) is 6.92 Å². The van der Waals surface area contributed by atoms with Crippen LogP contribution in [-0.4, -0.2) is 21.9 Å². The van der Waals surface area contributed by atoms with E-state index in [-0.39, 0.29) is 11.9 Å². The molecule has 0 saturated heterocycles. The Kier molecular flexibility index (Phi) is 5.65. The van der Waals surface area contributed by atoms with Crippen molar-refractivity contribution in [3.05, 3.63) is 102 Å². The van der Waals surface area contributed by atoms with Gasteiger partial charge in [-0.15, -0.1) is 0 Å². The van der Waals surface area contributed by atoms with Crippen molar-refractivity contribution in [2.24, 2.45) is 0 Å². The second-order valence-corrected chi connectivity index (χ2v) is 8.43. The first-order chi connectivity index (χ1) is 15.7. The number of pyridine rings is 2. The number of fused-ring (bicyclic) bond motifs is 1. The maximum Gasteiger partial charge on any atom is 0.256 e. The second-order valence-electron chi connectivity index (χ2n) is 8.43. The van der Waals surface area contributed by atoms with Crippen LogP contribution in [0.1, 0.15) is 52.5 Å². The summed E-state index contributed by atoms with van der Waals surface area (Å²) in [6.45, 7) is 2.07. The van der Waals surface area contributed by atoms with Gasteiger partial charge in [0.1, 0.15) is 5.82 Å². The van der Waals surface area contributed by atoms with Gasteiger partial charge in [-0.05, 0) is 60.5 Å². The molecule has 160 valence electrons. The van der Waals surface area contributed by atoms with Crippen LogP contribution in [0.15, 0.2) is 79.1 Å². The molecule has 1 amide bonds. The van der Waals surface area contributed by atoms with Crippen molar-refractivity contribution in [1.29, 1.82) is 0 Å². The topological polar surface area (TPSA) is 66.9 Å². The smallest absolute Gasteiger partial charge is 0.256 e. The molecule has 2 N–H and O–H groups in total. The van der Waals surface area contributed by atoms with E-state index < -0.39 is 0 Å². The zero-order valence-corrected chi connectivity index (χ0v) is 18.1. The molecule has 0 spiro atoms. The number of amides is 1. The monoisotopic (exact) mass is 422 g/mol. The van der Waals surface area contributed by atoms with Crippen molar-refractivity contribution in [3.63, 3.8) is 0 Å². The van der Waals surface area contributed by atoms with Crippen LogP contribution in [0.3, 0.4) is 0 Å². The quantitative estimate of drug-likeness (QED) is 0.435. The molecule has 2 heterocycles. The Labute approximate surface area is 187 Å². The summed E-state index contributed by atoms with van der Waals surface area (Å²) < 4.78 is 0. The highest BCUT2D eigenvalue weighted by Gasteiger charge is 2.25. The van der Waals surface area contributed by atoms with Crippen LogP contribution in [0.2, 0.25) is 0 Å². The van der Waals surface area contributed by atoms with Crippen LogP contribution in [0.4, 0.5) is 5.82 Å². The third-order valence-electron chi connectivity index (χ3n) is 6.19. The van der Waals surface area contributed by atoms with E-state index in [2.05, 4.69) is 46.8 Å². The summed E-state index contributed by atoms with van der Waals surface area (Å²) in [7, 11) is 0. The fraction of sp³-hybridized carbons (Fsp3) is 0.222. The lowest BCUT2D eigenvalue weighted by Crippen LogP contribution is -2.39. The molecule has 0 radical (unpaired) electrons. The van der Waals surface area contributed by atoms with Crippen molar-refractivity contribution < 1.29 is 4.79 Å². The van der Waals surface area contributed by atoms with Crippen molar-refractivity contribution in [2.75, 3.05) is 5.32 Å². The van der Waals surface area contributed by atoms with Gasteiger partial charge in [-0.25, -0.2) is 4.98 Å². The number of carbonyl (C=O) groups excluding carboxylic acids is 1. The Morgan fingerprint density at radius 2 is 1.84 bits per heavy atom. The van der Waals surface area contributed by atoms with E-state index in [1.165, 1.54) is 24.8 Å². The molecule has 5 rings (SSSR count). The number of hydrogen-bond donors (Lipinski definition) is 2. The molecule has 1 saturated carbocycles. The number of aryl methyl sites for hydroxylation is 1. The molecule has 1 aliphatic carbocycles. The van der Waals surface area contributed by atoms with Gasteiger partial charge in [0, 0.05) is 29.4 Å². The fourth-order valence-electron chi connectivity index (χ4n) is 4.11. The predicted octanol–water partition coefficient (Wildman–Crippen LogP) is 5.42. The van der Waals surface area contributed by atoms with E-state index in [0.29, 0.717) is 17.4 Å². The Hall–Kier alpha value is -3.57. The van der Waals surface area contributed by atoms with Crippen molar-refractivity contribution in [1.82, 2.24) is 15.3 Å². The predicted molar refractivity (Wildman–Crippen MR) is 128 cm³/mol. The number of nitrogens with zero attached hydrogens (tertiary/aromatic N) is 2. The van der Waals surface area contributed by atoms with Gasteiger partial charge in [-0.1, -0.05) is 48.9 Å². The number of benzene rings is 2. The largest absolute Gasteiger partial charge is 0.307 e. The fourth-order valence-corrected chi connectivity index (χ4v) is 4.11. The Morgan fingerprint density at radius 3 is 2.62 bits per heavy atom. The summed E-state index contributed by atoms with van der Waals surface area (Å²) in [5.41, 5.74) is 3.83. The summed E-state index contributed by atoms with van der Waals surface area (Å²) in [6, 6.07) is 22.3. The molecule has 1 fully saturated rings. The summed E-state index contributed by atoms with van der Waals surface area (Å²) in [4.78, 5) is 22.0. The molecule has 32 heavy (non-hydrogen) atoms. The van der Waals surface area contributed by atoms with E-state index in [1.54, 1.807) is 12.4 Å². The van der Waals surface area contributed by atoms with Gasteiger partial charge in [0.2, 0.25) is 0 Å². The molecule has 1 atom stereocenters. The van der Waals surface area contributed by atoms with E-state index in [9.17, 15) is 4.79 Å². The van der Waals surface area contributed by atoms with Gasteiger partial charge in [-0.2, -0.15) is 0 Å². The lowest BCUT2D eigenvalue weighted by atomic mass is 9.90. The van der Waals surface area contributed by atoms with Crippen molar-refractivity contribution in [3.8, 4) is 0 Å². The molecule has 1 aliphatic rings. The van der Waals surface area contributed by atoms with E-state index in [0.717, 1.165) is 22.0 Å². The number of carbonyl (C=O) groups is 1. The molecule has 2 aromatic carbocycles. The highest BCUT2D eigenvalue weighted by atomic mass is 16.1. The first-order valence-corrected chi connectivity index (χ1v) is 11.1. The van der Waals surface area contributed by atoms with Crippen molar-refractivity contribution >= 4 is 22.5 Å². The van der Waals surface area contributed by atoms with Gasteiger partial charge in [0.25, 0.3) is 5.91 Å². The Bertz CT molecular complexity index is 1250. The molecule has 5 heteroatoms. The zero-order chi connectivity index (χ0) is 21.9. The average Bonchev–Trinajstić information content (AvgIpc) is 2.80. The van der Waals surface area contributed by atoms with Crippen molar-refractivity contribution in [2.45, 2.75) is 38.3 Å². The summed E-state index contributed by atoms with van der Waals surface area (Å²) in [6.07, 6.45) is 7.18. The minimum absolute atomic E-state index is 0.00785. The molecule has 5 nitrogen and oxygen atoms in total. The second kappa shape index (κ2) is 8.89. The third kappa shape index (κ3) is 4.25. The first-order valence-electron chi connectivity index (χ1n) is 11.1. The minimum Gasteiger partial charge on any atom is -0.307 e. The molecule has 0 aliphatic heterocycles. The van der Waals surface area contributed by atoms with Gasteiger partial charge < -0.3 is 10.6 Å². The van der Waals surface area contributed by atoms with E-state index in [4.69, 9.17) is 4.98 Å². The van der Waals surface area contributed by atoms with E-state index >= 15 is 0 Å². The minimum atomic E-state index is -0.172. The summed E-state index contributed by atoms with van der Waals surface area (Å²) >= 11 is 0. The summed E-state index contributed by atoms with van der Waals surface area (Å²) in [5, 5.41) is 8.76. The number of nitrogens with one attached hydrogen (secondary N) is 2. The van der Waals surface area contributed by atoms with Crippen LogP contribution < -0.4 is 10.6 Å². The Balaban J connectivity index is 1.43. The maximum atomic E-state index is 12.9. The standard InChI is InChI=1S/C27H26N4O/c1-18-10-13-24(31-27(32)21-11-12-22-17-28-15-14-20(22)16-21)30-25(18)26(29-23-8-5-9-23)19-6-3-2-4-7-19/h2-4,6-7,10-17,23,26,29H,5,8-9H2,1H3,(H,30,31,32). The SMILES string of the molecule is Cc1ccc(NC(=O)c2ccc3cnccc3c2)nc1C(NC1CCC1)c1ccccc1. The molecular formula is C27H26N4O. The number of anilines is 1. The molecule has 0 bridgehead atoms.